The van der Waals surface area contributed by atoms with Crippen LogP contribution in [0.1, 0.15) is 60.9 Å². The molecule has 2 aliphatic carbocycles. The molecule has 0 aliphatic heterocycles. The van der Waals surface area contributed by atoms with Crippen LogP contribution in [0.2, 0.25) is 0 Å². The maximum absolute atomic E-state index is 5.97. The lowest BCUT2D eigenvalue weighted by molar-refractivity contribution is 0.486. The molecule has 0 heterocycles. The van der Waals surface area contributed by atoms with E-state index in [-0.39, 0.29) is 0 Å². The van der Waals surface area contributed by atoms with Gasteiger partial charge in [-0.1, -0.05) is 49.1 Å². The van der Waals surface area contributed by atoms with Crippen LogP contribution in [-0.4, -0.2) is 6.04 Å². The summed E-state index contributed by atoms with van der Waals surface area (Å²) in [6.07, 6.45) is 12.0. The van der Waals surface area contributed by atoms with Gasteiger partial charge in [-0.05, 0) is 92.7 Å². The van der Waals surface area contributed by atoms with Gasteiger partial charge in [0.2, 0.25) is 0 Å². The summed E-state index contributed by atoms with van der Waals surface area (Å²) in [6, 6.07) is 2.67. The monoisotopic (exact) mass is 389 g/mol. The summed E-state index contributed by atoms with van der Waals surface area (Å²) in [4.78, 5) is 0. The minimum atomic E-state index is 0.340. The first-order chi connectivity index (χ1) is 13.8. The van der Waals surface area contributed by atoms with Crippen molar-refractivity contribution in [1.29, 1.82) is 0 Å². The number of rotatable bonds is 8. The van der Waals surface area contributed by atoms with E-state index in [2.05, 4.69) is 56.4 Å². The van der Waals surface area contributed by atoms with E-state index in [1.165, 1.54) is 46.2 Å². The summed E-state index contributed by atoms with van der Waals surface area (Å²) in [5.74, 6) is 2.08. The summed E-state index contributed by atoms with van der Waals surface area (Å²) in [7, 11) is 0. The molecule has 1 atom stereocenters. The molecule has 1 saturated carbocycles. The number of allylic oxidation sites excluding steroid dienone is 3. The van der Waals surface area contributed by atoms with Crippen LogP contribution < -0.4 is 16.4 Å². The van der Waals surface area contributed by atoms with Crippen LogP contribution in [0.3, 0.4) is 0 Å². The van der Waals surface area contributed by atoms with Gasteiger partial charge in [0.15, 0.2) is 0 Å². The van der Waals surface area contributed by atoms with Gasteiger partial charge in [0.1, 0.15) is 5.82 Å². The fourth-order valence-corrected chi connectivity index (χ4v) is 4.31. The minimum Gasteiger partial charge on any atom is -0.385 e. The van der Waals surface area contributed by atoms with Gasteiger partial charge in [-0.15, -0.1) is 0 Å². The molecule has 29 heavy (non-hydrogen) atoms. The highest BCUT2D eigenvalue weighted by molar-refractivity contribution is 5.71. The van der Waals surface area contributed by atoms with E-state index in [9.17, 15) is 0 Å². The smallest absolute Gasteiger partial charge is 0.102 e. The zero-order chi connectivity index (χ0) is 21.1. The summed E-state index contributed by atoms with van der Waals surface area (Å²) in [5, 5.41) is 6.61. The van der Waals surface area contributed by atoms with Crippen molar-refractivity contribution in [3.8, 4) is 0 Å². The van der Waals surface area contributed by atoms with Gasteiger partial charge in [0.25, 0.3) is 0 Å². The van der Waals surface area contributed by atoms with Gasteiger partial charge in [-0.25, -0.2) is 0 Å². The number of hydrogen-bond donors (Lipinski definition) is 3. The molecule has 0 amide bonds. The van der Waals surface area contributed by atoms with Crippen molar-refractivity contribution >= 4 is 12.2 Å². The third-order valence-electron chi connectivity index (χ3n) is 5.98. The minimum absolute atomic E-state index is 0.340. The summed E-state index contributed by atoms with van der Waals surface area (Å²) in [5.41, 5.74) is 15.3. The summed E-state index contributed by atoms with van der Waals surface area (Å²) >= 11 is 0. The van der Waals surface area contributed by atoms with Crippen LogP contribution in [0.25, 0.3) is 12.2 Å². The number of nitrogens with two attached hydrogens (primary N) is 1. The van der Waals surface area contributed by atoms with E-state index in [0.29, 0.717) is 11.9 Å². The first-order valence-corrected chi connectivity index (χ1v) is 10.6. The van der Waals surface area contributed by atoms with Crippen LogP contribution in [0.5, 0.6) is 0 Å². The lowest BCUT2D eigenvalue weighted by Crippen LogP contribution is -2.39. The standard InChI is InChI=1S/C26H35N3/c1-7-20-14-22-15-23(28-19(6)29-26(27)12-16(2)3)10-11-24(22)18(5)25(20)13-17(4)21-8-9-21/h7,12-14,21,23,28-29H,1-2,6,8-11,15,27H2,3-5H3/b17-13+,26-12+. The van der Waals surface area contributed by atoms with E-state index < -0.39 is 0 Å². The average Bonchev–Trinajstić information content (AvgIpc) is 3.47. The molecule has 1 fully saturated rings. The van der Waals surface area contributed by atoms with Crippen molar-refractivity contribution in [3.05, 3.63) is 82.5 Å². The van der Waals surface area contributed by atoms with Crippen LogP contribution >= 0.6 is 0 Å². The Morgan fingerprint density at radius 1 is 1.21 bits per heavy atom. The van der Waals surface area contributed by atoms with E-state index >= 15 is 0 Å². The number of benzene rings is 1. The fraction of sp³-hybridized carbons (Fsp3) is 0.385. The maximum atomic E-state index is 5.97. The molecule has 4 N–H and O–H groups in total. The van der Waals surface area contributed by atoms with Crippen LogP contribution in [-0.2, 0) is 12.8 Å². The quantitative estimate of drug-likeness (QED) is 0.526. The van der Waals surface area contributed by atoms with Crippen LogP contribution in [0, 0.1) is 12.8 Å². The SMILES string of the molecule is C=Cc1cc2c(c(C)c1/C=C(\C)C1CC1)CCC(NC(=C)N/C(N)=C/C(=C)C)C2. The normalized spacial score (nSPS) is 19.3. The summed E-state index contributed by atoms with van der Waals surface area (Å²) in [6.45, 7) is 18.5. The second-order valence-corrected chi connectivity index (χ2v) is 8.64. The Hall–Kier alpha value is -2.68. The third-order valence-corrected chi connectivity index (χ3v) is 5.98. The van der Waals surface area contributed by atoms with Crippen molar-refractivity contribution in [2.24, 2.45) is 11.7 Å². The number of hydrogen-bond acceptors (Lipinski definition) is 3. The van der Waals surface area contributed by atoms with Gasteiger partial charge in [0, 0.05) is 6.04 Å². The Balaban J connectivity index is 1.76. The molecule has 1 unspecified atom stereocenters. The van der Waals surface area contributed by atoms with Crippen molar-refractivity contribution in [2.75, 3.05) is 0 Å². The lowest BCUT2D eigenvalue weighted by Gasteiger charge is -2.30. The molecule has 1 aromatic carbocycles. The van der Waals surface area contributed by atoms with Crippen LogP contribution in [0.15, 0.2) is 54.7 Å². The van der Waals surface area contributed by atoms with E-state index in [1.807, 2.05) is 13.0 Å². The molecule has 3 nitrogen and oxygen atoms in total. The lowest BCUT2D eigenvalue weighted by atomic mass is 9.81. The molecule has 0 spiro atoms. The van der Waals surface area contributed by atoms with E-state index in [1.54, 1.807) is 6.08 Å². The molecule has 3 rings (SSSR count). The molecule has 154 valence electrons. The molecule has 0 aromatic heterocycles. The van der Waals surface area contributed by atoms with Crippen LogP contribution in [0.4, 0.5) is 0 Å². The Morgan fingerprint density at radius 3 is 2.55 bits per heavy atom. The van der Waals surface area contributed by atoms with Crippen molar-refractivity contribution in [1.82, 2.24) is 10.6 Å². The molecular formula is C26H35N3. The predicted octanol–water partition coefficient (Wildman–Crippen LogP) is 5.34. The molecule has 0 bridgehead atoms. The molecule has 0 radical (unpaired) electrons. The summed E-state index contributed by atoms with van der Waals surface area (Å²) < 4.78 is 0. The average molecular weight is 390 g/mol. The maximum Gasteiger partial charge on any atom is 0.102 e. The van der Waals surface area contributed by atoms with Gasteiger partial charge in [-0.2, -0.15) is 0 Å². The van der Waals surface area contributed by atoms with E-state index in [4.69, 9.17) is 5.73 Å². The Labute approximate surface area is 176 Å². The largest absolute Gasteiger partial charge is 0.385 e. The van der Waals surface area contributed by atoms with Gasteiger partial charge < -0.3 is 16.4 Å². The van der Waals surface area contributed by atoms with Crippen molar-refractivity contribution in [2.45, 2.75) is 58.9 Å². The fourth-order valence-electron chi connectivity index (χ4n) is 4.31. The van der Waals surface area contributed by atoms with Gasteiger partial charge >= 0.3 is 0 Å². The molecule has 3 heteroatoms. The van der Waals surface area contributed by atoms with Crippen molar-refractivity contribution < 1.29 is 0 Å². The Morgan fingerprint density at radius 2 is 1.93 bits per heavy atom. The van der Waals surface area contributed by atoms with E-state index in [0.717, 1.165) is 36.6 Å². The molecule has 0 saturated heterocycles. The second kappa shape index (κ2) is 8.77. The molecule has 1 aromatic rings. The zero-order valence-corrected chi connectivity index (χ0v) is 18.2. The zero-order valence-electron chi connectivity index (χ0n) is 18.2. The Kier molecular flexibility index (Phi) is 6.36. The molecular weight excluding hydrogens is 354 g/mol. The topological polar surface area (TPSA) is 50.1 Å². The van der Waals surface area contributed by atoms with Crippen molar-refractivity contribution in [3.63, 3.8) is 0 Å². The predicted molar refractivity (Wildman–Crippen MR) is 126 cm³/mol. The second-order valence-electron chi connectivity index (χ2n) is 8.64. The highest BCUT2D eigenvalue weighted by atomic mass is 15.1. The highest BCUT2D eigenvalue weighted by Crippen LogP contribution is 2.39. The number of fused-ring (bicyclic) bond motifs is 1. The Bertz CT molecular complexity index is 897. The highest BCUT2D eigenvalue weighted by Gasteiger charge is 2.25. The first kappa shape index (κ1) is 21.0. The third kappa shape index (κ3) is 5.23. The first-order valence-electron chi connectivity index (χ1n) is 10.6. The molecule has 2 aliphatic rings. The van der Waals surface area contributed by atoms with Gasteiger partial charge in [-0.3, -0.25) is 0 Å². The number of nitrogens with one attached hydrogen (secondary N) is 2. The van der Waals surface area contributed by atoms with Gasteiger partial charge in [0.05, 0.1) is 5.82 Å².